The SMILES string of the molecule is CN(C)C(=O)COc1ccc(NC(=O)c2ccc(-c3ccc(F)cc3)o2)cc1. The summed E-state index contributed by atoms with van der Waals surface area (Å²) < 4.78 is 23.9. The van der Waals surface area contributed by atoms with Gasteiger partial charge in [-0.05, 0) is 60.7 Å². The predicted octanol–water partition coefficient (Wildman–Crippen LogP) is 3.81. The molecule has 3 rings (SSSR count). The van der Waals surface area contributed by atoms with Crippen LogP contribution in [0.15, 0.2) is 65.1 Å². The van der Waals surface area contributed by atoms with E-state index in [0.29, 0.717) is 22.8 Å². The number of furan rings is 1. The van der Waals surface area contributed by atoms with Crippen molar-refractivity contribution in [3.8, 4) is 17.1 Å². The number of ether oxygens (including phenoxy) is 1. The van der Waals surface area contributed by atoms with Crippen LogP contribution in [0.3, 0.4) is 0 Å². The highest BCUT2D eigenvalue weighted by molar-refractivity contribution is 6.02. The lowest BCUT2D eigenvalue weighted by atomic mass is 10.2. The van der Waals surface area contributed by atoms with Crippen LogP contribution in [0.2, 0.25) is 0 Å². The number of amides is 2. The zero-order valence-corrected chi connectivity index (χ0v) is 15.4. The van der Waals surface area contributed by atoms with E-state index in [1.807, 2.05) is 0 Å². The number of hydrogen-bond donors (Lipinski definition) is 1. The van der Waals surface area contributed by atoms with Crippen LogP contribution in [0.1, 0.15) is 10.6 Å². The Morgan fingerprint density at radius 3 is 2.32 bits per heavy atom. The topological polar surface area (TPSA) is 71.8 Å². The number of likely N-dealkylation sites (N-methyl/N-ethyl adjacent to an activating group) is 1. The average molecular weight is 382 g/mol. The van der Waals surface area contributed by atoms with Gasteiger partial charge in [-0.25, -0.2) is 4.39 Å². The summed E-state index contributed by atoms with van der Waals surface area (Å²) in [4.78, 5) is 25.3. The van der Waals surface area contributed by atoms with Crippen molar-refractivity contribution in [1.82, 2.24) is 4.90 Å². The van der Waals surface area contributed by atoms with Crippen molar-refractivity contribution >= 4 is 17.5 Å². The maximum Gasteiger partial charge on any atom is 0.291 e. The van der Waals surface area contributed by atoms with E-state index in [1.165, 1.54) is 17.0 Å². The van der Waals surface area contributed by atoms with E-state index < -0.39 is 5.91 Å². The Labute approximate surface area is 161 Å². The molecule has 0 saturated heterocycles. The second-order valence-electron chi connectivity index (χ2n) is 6.23. The first kappa shape index (κ1) is 19.2. The molecule has 3 aromatic rings. The highest BCUT2D eigenvalue weighted by atomic mass is 19.1. The van der Waals surface area contributed by atoms with Crippen molar-refractivity contribution in [1.29, 1.82) is 0 Å². The molecule has 28 heavy (non-hydrogen) atoms. The van der Waals surface area contributed by atoms with Crippen molar-refractivity contribution in [3.63, 3.8) is 0 Å². The van der Waals surface area contributed by atoms with Gasteiger partial charge in [0.15, 0.2) is 12.4 Å². The number of rotatable bonds is 6. The molecule has 0 fully saturated rings. The molecule has 0 spiro atoms. The fourth-order valence-corrected chi connectivity index (χ4v) is 2.33. The normalized spacial score (nSPS) is 10.4. The molecule has 144 valence electrons. The molecule has 0 atom stereocenters. The first-order valence-electron chi connectivity index (χ1n) is 8.52. The first-order chi connectivity index (χ1) is 13.4. The van der Waals surface area contributed by atoms with E-state index in [9.17, 15) is 14.0 Å². The predicted molar refractivity (Wildman–Crippen MR) is 103 cm³/mol. The number of nitrogens with zero attached hydrogens (tertiary/aromatic N) is 1. The van der Waals surface area contributed by atoms with Crippen molar-refractivity contribution < 1.29 is 23.1 Å². The van der Waals surface area contributed by atoms with Crippen LogP contribution in [0, 0.1) is 5.82 Å². The molecule has 1 heterocycles. The molecule has 0 aliphatic heterocycles. The van der Waals surface area contributed by atoms with Crippen LogP contribution in [0.25, 0.3) is 11.3 Å². The average Bonchev–Trinajstić information content (AvgIpc) is 3.18. The summed E-state index contributed by atoms with van der Waals surface area (Å²) >= 11 is 0. The molecule has 0 bridgehead atoms. The van der Waals surface area contributed by atoms with Crippen molar-refractivity contribution in [2.45, 2.75) is 0 Å². The second kappa shape index (κ2) is 8.39. The summed E-state index contributed by atoms with van der Waals surface area (Å²) in [5.74, 6) is 0.226. The molecule has 0 radical (unpaired) electrons. The maximum atomic E-state index is 13.0. The molecule has 7 heteroatoms. The highest BCUT2D eigenvalue weighted by Gasteiger charge is 2.13. The molecule has 1 N–H and O–H groups in total. The lowest BCUT2D eigenvalue weighted by Gasteiger charge is -2.11. The van der Waals surface area contributed by atoms with Gasteiger partial charge in [-0.15, -0.1) is 0 Å². The number of hydrogen-bond acceptors (Lipinski definition) is 4. The summed E-state index contributed by atoms with van der Waals surface area (Å²) in [5, 5.41) is 2.72. The molecule has 2 amide bonds. The molecule has 1 aromatic heterocycles. The van der Waals surface area contributed by atoms with E-state index in [0.717, 1.165) is 0 Å². The van der Waals surface area contributed by atoms with Gasteiger partial charge >= 0.3 is 0 Å². The summed E-state index contributed by atoms with van der Waals surface area (Å²) in [5.41, 5.74) is 1.23. The quantitative estimate of drug-likeness (QED) is 0.704. The van der Waals surface area contributed by atoms with E-state index in [4.69, 9.17) is 9.15 Å². The zero-order chi connectivity index (χ0) is 20.1. The van der Waals surface area contributed by atoms with Crippen LogP contribution < -0.4 is 10.1 Å². The van der Waals surface area contributed by atoms with E-state index >= 15 is 0 Å². The van der Waals surface area contributed by atoms with Crippen LogP contribution in [-0.4, -0.2) is 37.4 Å². The number of carbonyl (C=O) groups is 2. The number of anilines is 1. The molecule has 2 aromatic carbocycles. The van der Waals surface area contributed by atoms with E-state index in [1.54, 1.807) is 62.6 Å². The molecule has 0 unspecified atom stereocenters. The van der Waals surface area contributed by atoms with Crippen LogP contribution in [0.5, 0.6) is 5.75 Å². The number of carbonyl (C=O) groups excluding carboxylic acids is 2. The van der Waals surface area contributed by atoms with Crippen molar-refractivity contribution in [3.05, 3.63) is 72.2 Å². The third kappa shape index (κ3) is 4.76. The van der Waals surface area contributed by atoms with Crippen molar-refractivity contribution in [2.75, 3.05) is 26.0 Å². The molecule has 0 aliphatic rings. The number of nitrogens with one attached hydrogen (secondary N) is 1. The molecular formula is C21H19FN2O4. The Bertz CT molecular complexity index is 963. The number of benzene rings is 2. The molecule has 6 nitrogen and oxygen atoms in total. The Hall–Kier alpha value is -3.61. The van der Waals surface area contributed by atoms with Gasteiger partial charge in [0.1, 0.15) is 17.3 Å². The van der Waals surface area contributed by atoms with Gasteiger partial charge < -0.3 is 19.4 Å². The van der Waals surface area contributed by atoms with Crippen molar-refractivity contribution in [2.24, 2.45) is 0 Å². The Balaban J connectivity index is 1.60. The summed E-state index contributed by atoms with van der Waals surface area (Å²) in [6, 6.07) is 15.7. The minimum Gasteiger partial charge on any atom is -0.484 e. The van der Waals surface area contributed by atoms with Gasteiger partial charge in [-0.2, -0.15) is 0 Å². The van der Waals surface area contributed by atoms with Gasteiger partial charge in [0.25, 0.3) is 11.8 Å². The van der Waals surface area contributed by atoms with E-state index in [2.05, 4.69) is 5.32 Å². The van der Waals surface area contributed by atoms with E-state index in [-0.39, 0.29) is 24.1 Å². The Kier molecular flexibility index (Phi) is 5.74. The lowest BCUT2D eigenvalue weighted by molar-refractivity contribution is -0.130. The Morgan fingerprint density at radius 1 is 1.00 bits per heavy atom. The largest absolute Gasteiger partial charge is 0.484 e. The fraction of sp³-hybridized carbons (Fsp3) is 0.143. The highest BCUT2D eigenvalue weighted by Crippen LogP contribution is 2.23. The van der Waals surface area contributed by atoms with Gasteiger partial charge in [0.2, 0.25) is 0 Å². The van der Waals surface area contributed by atoms with Crippen LogP contribution in [-0.2, 0) is 4.79 Å². The smallest absolute Gasteiger partial charge is 0.291 e. The summed E-state index contributed by atoms with van der Waals surface area (Å²) in [7, 11) is 3.31. The fourth-order valence-electron chi connectivity index (χ4n) is 2.33. The van der Waals surface area contributed by atoms with Gasteiger partial charge in [0, 0.05) is 25.3 Å². The van der Waals surface area contributed by atoms with Gasteiger partial charge in [-0.1, -0.05) is 0 Å². The minimum atomic E-state index is -0.412. The van der Waals surface area contributed by atoms with Gasteiger partial charge in [0.05, 0.1) is 0 Å². The third-order valence-corrected chi connectivity index (χ3v) is 3.93. The summed E-state index contributed by atoms with van der Waals surface area (Å²) in [6.45, 7) is -0.0583. The first-order valence-corrected chi connectivity index (χ1v) is 8.52. The standard InChI is InChI=1S/C21H19FN2O4/c1-24(2)20(25)13-27-17-9-7-16(8-10-17)23-21(26)19-12-11-18(28-19)14-3-5-15(22)6-4-14/h3-12H,13H2,1-2H3,(H,23,26). The third-order valence-electron chi connectivity index (χ3n) is 3.93. The van der Waals surface area contributed by atoms with Gasteiger partial charge in [-0.3, -0.25) is 9.59 Å². The Morgan fingerprint density at radius 2 is 1.68 bits per heavy atom. The maximum absolute atomic E-state index is 13.0. The lowest BCUT2D eigenvalue weighted by Crippen LogP contribution is -2.27. The van der Waals surface area contributed by atoms with Crippen LogP contribution in [0.4, 0.5) is 10.1 Å². The summed E-state index contributed by atoms with van der Waals surface area (Å²) in [6.07, 6.45) is 0. The zero-order valence-electron chi connectivity index (χ0n) is 15.4. The molecular weight excluding hydrogens is 363 g/mol. The molecule has 0 saturated carbocycles. The van der Waals surface area contributed by atoms with Crippen LogP contribution >= 0.6 is 0 Å². The number of halogens is 1. The molecule has 0 aliphatic carbocycles. The second-order valence-corrected chi connectivity index (χ2v) is 6.23. The monoisotopic (exact) mass is 382 g/mol. The minimum absolute atomic E-state index is 0.0583.